The van der Waals surface area contributed by atoms with Crippen molar-refractivity contribution in [1.82, 2.24) is 4.90 Å². The third kappa shape index (κ3) is 2.95. The van der Waals surface area contributed by atoms with Gasteiger partial charge in [0.05, 0.1) is 18.2 Å². The van der Waals surface area contributed by atoms with Gasteiger partial charge in [-0.05, 0) is 40.0 Å². The molecule has 5 nitrogen and oxygen atoms in total. The fourth-order valence-corrected chi connectivity index (χ4v) is 2.67. The lowest BCUT2D eigenvalue weighted by atomic mass is 9.91. The average Bonchev–Trinajstić information content (AvgIpc) is 2.26. The highest BCUT2D eigenvalue weighted by atomic mass is 16.6. The predicted molar refractivity (Wildman–Crippen MR) is 66.3 cm³/mol. The highest BCUT2D eigenvalue weighted by molar-refractivity contribution is 5.69. The molecule has 2 rings (SSSR count). The Balaban J connectivity index is 2.08. The van der Waals surface area contributed by atoms with Crippen LogP contribution in [0.25, 0.3) is 0 Å². The van der Waals surface area contributed by atoms with Crippen molar-refractivity contribution in [2.75, 3.05) is 13.2 Å². The number of amides is 1. The highest BCUT2D eigenvalue weighted by Crippen LogP contribution is 2.29. The normalized spacial score (nSPS) is 32.9. The summed E-state index contributed by atoms with van der Waals surface area (Å²) in [4.78, 5) is 13.8. The second-order valence-corrected chi connectivity index (χ2v) is 6.07. The number of hydrogen-bond acceptors (Lipinski definition) is 4. The number of aliphatic hydroxyl groups excluding tert-OH is 1. The van der Waals surface area contributed by atoms with Gasteiger partial charge in [0.15, 0.2) is 0 Å². The number of carbonyl (C=O) groups excluding carboxylic acids is 1. The molecular formula is C13H23NO4. The molecule has 1 N–H and O–H groups in total. The predicted octanol–water partition coefficient (Wildman–Crippen LogP) is 1.54. The summed E-state index contributed by atoms with van der Waals surface area (Å²) in [5.74, 6) is 0. The van der Waals surface area contributed by atoms with Gasteiger partial charge in [0.25, 0.3) is 0 Å². The standard InChI is InChI=1S/C13H23NO4/c1-13(2,3)18-12(16)14-7-4-5-10-11(14)9(15)6-8-17-10/h9-11,15H,4-8H2,1-3H3. The van der Waals surface area contributed by atoms with Crippen LogP contribution in [0.5, 0.6) is 0 Å². The molecule has 3 unspecified atom stereocenters. The summed E-state index contributed by atoms with van der Waals surface area (Å²) in [6.45, 7) is 6.75. The molecule has 0 aromatic carbocycles. The van der Waals surface area contributed by atoms with Crippen molar-refractivity contribution in [3.63, 3.8) is 0 Å². The van der Waals surface area contributed by atoms with Gasteiger partial charge in [-0.15, -0.1) is 0 Å². The van der Waals surface area contributed by atoms with E-state index in [4.69, 9.17) is 9.47 Å². The second kappa shape index (κ2) is 5.05. The zero-order valence-corrected chi connectivity index (χ0v) is 11.4. The fraction of sp³-hybridized carbons (Fsp3) is 0.923. The second-order valence-electron chi connectivity index (χ2n) is 6.07. The van der Waals surface area contributed by atoms with Crippen LogP contribution in [0.1, 0.15) is 40.0 Å². The SMILES string of the molecule is CC(C)(C)OC(=O)N1CCCC2OCCC(O)C21. The van der Waals surface area contributed by atoms with Crippen LogP contribution in [0.2, 0.25) is 0 Å². The molecule has 0 aromatic heterocycles. The minimum absolute atomic E-state index is 0.0463. The van der Waals surface area contributed by atoms with Crippen molar-refractivity contribution in [3.8, 4) is 0 Å². The Morgan fingerprint density at radius 3 is 2.78 bits per heavy atom. The summed E-state index contributed by atoms with van der Waals surface area (Å²) < 4.78 is 11.0. The molecule has 104 valence electrons. The third-order valence-electron chi connectivity index (χ3n) is 3.40. The van der Waals surface area contributed by atoms with Gasteiger partial charge in [-0.2, -0.15) is 0 Å². The quantitative estimate of drug-likeness (QED) is 0.715. The van der Waals surface area contributed by atoms with Gasteiger partial charge >= 0.3 is 6.09 Å². The van der Waals surface area contributed by atoms with Gasteiger partial charge in [-0.3, -0.25) is 4.90 Å². The zero-order chi connectivity index (χ0) is 13.3. The average molecular weight is 257 g/mol. The topological polar surface area (TPSA) is 59.0 Å². The van der Waals surface area contributed by atoms with Crippen LogP contribution in [0.4, 0.5) is 4.79 Å². The van der Waals surface area contributed by atoms with E-state index >= 15 is 0 Å². The van der Waals surface area contributed by atoms with Crippen molar-refractivity contribution in [1.29, 1.82) is 0 Å². The molecule has 2 aliphatic rings. The lowest BCUT2D eigenvalue weighted by Gasteiger charge is -2.45. The molecule has 0 radical (unpaired) electrons. The number of rotatable bonds is 0. The molecule has 0 bridgehead atoms. The number of ether oxygens (including phenoxy) is 2. The van der Waals surface area contributed by atoms with Gasteiger partial charge in [-0.25, -0.2) is 4.79 Å². The van der Waals surface area contributed by atoms with Crippen LogP contribution in [-0.2, 0) is 9.47 Å². The molecule has 0 spiro atoms. The molecule has 3 atom stereocenters. The van der Waals surface area contributed by atoms with E-state index in [0.717, 1.165) is 12.8 Å². The first-order chi connectivity index (χ1) is 8.38. The van der Waals surface area contributed by atoms with Crippen molar-refractivity contribution >= 4 is 6.09 Å². The number of hydrogen-bond donors (Lipinski definition) is 1. The highest BCUT2D eigenvalue weighted by Gasteiger charge is 2.43. The summed E-state index contributed by atoms with van der Waals surface area (Å²) in [5, 5.41) is 10.1. The molecule has 1 amide bonds. The molecule has 2 aliphatic heterocycles. The molecule has 18 heavy (non-hydrogen) atoms. The van der Waals surface area contributed by atoms with E-state index < -0.39 is 11.7 Å². The maximum absolute atomic E-state index is 12.2. The maximum Gasteiger partial charge on any atom is 0.410 e. The zero-order valence-electron chi connectivity index (χ0n) is 11.4. The number of fused-ring (bicyclic) bond motifs is 1. The number of carbonyl (C=O) groups is 1. The van der Waals surface area contributed by atoms with Crippen LogP contribution in [0.3, 0.4) is 0 Å². The van der Waals surface area contributed by atoms with Crippen molar-refractivity contribution in [2.24, 2.45) is 0 Å². The van der Waals surface area contributed by atoms with Crippen LogP contribution in [0, 0.1) is 0 Å². The Hall–Kier alpha value is -0.810. The van der Waals surface area contributed by atoms with Crippen molar-refractivity contribution in [2.45, 2.75) is 63.9 Å². The van der Waals surface area contributed by atoms with Gasteiger partial charge < -0.3 is 14.6 Å². The van der Waals surface area contributed by atoms with Gasteiger partial charge in [-0.1, -0.05) is 0 Å². The summed E-state index contributed by atoms with van der Waals surface area (Å²) in [5.41, 5.74) is -0.509. The Bertz CT molecular complexity index is 311. The molecule has 2 fully saturated rings. The van der Waals surface area contributed by atoms with Gasteiger partial charge in [0.1, 0.15) is 5.60 Å². The van der Waals surface area contributed by atoms with Crippen LogP contribution in [0.15, 0.2) is 0 Å². The number of piperidine rings is 1. The first-order valence-electron chi connectivity index (χ1n) is 6.68. The first-order valence-corrected chi connectivity index (χ1v) is 6.68. The Morgan fingerprint density at radius 2 is 2.11 bits per heavy atom. The Kier molecular flexibility index (Phi) is 3.82. The van der Waals surface area contributed by atoms with E-state index in [-0.39, 0.29) is 18.2 Å². The Labute approximate surface area is 108 Å². The van der Waals surface area contributed by atoms with E-state index in [1.54, 1.807) is 4.90 Å². The van der Waals surface area contributed by atoms with E-state index in [1.165, 1.54) is 0 Å². The fourth-order valence-electron chi connectivity index (χ4n) is 2.67. The summed E-state index contributed by atoms with van der Waals surface area (Å²) >= 11 is 0. The monoisotopic (exact) mass is 257 g/mol. The minimum Gasteiger partial charge on any atom is -0.444 e. The summed E-state index contributed by atoms with van der Waals surface area (Å²) in [7, 11) is 0. The number of aliphatic hydroxyl groups is 1. The van der Waals surface area contributed by atoms with E-state index in [9.17, 15) is 9.90 Å². The van der Waals surface area contributed by atoms with E-state index in [1.807, 2.05) is 20.8 Å². The lowest BCUT2D eigenvalue weighted by molar-refractivity contribution is -0.127. The van der Waals surface area contributed by atoms with Crippen molar-refractivity contribution in [3.05, 3.63) is 0 Å². The van der Waals surface area contributed by atoms with Crippen LogP contribution < -0.4 is 0 Å². The maximum atomic E-state index is 12.2. The molecule has 2 heterocycles. The molecule has 0 aliphatic carbocycles. The van der Waals surface area contributed by atoms with E-state index in [0.29, 0.717) is 19.6 Å². The summed E-state index contributed by atoms with van der Waals surface area (Å²) in [6, 6.07) is -0.248. The Morgan fingerprint density at radius 1 is 1.39 bits per heavy atom. The first kappa shape index (κ1) is 13.6. The molecule has 2 saturated heterocycles. The molecule has 5 heteroatoms. The third-order valence-corrected chi connectivity index (χ3v) is 3.40. The van der Waals surface area contributed by atoms with Gasteiger partial charge in [0.2, 0.25) is 0 Å². The molecule has 0 saturated carbocycles. The largest absolute Gasteiger partial charge is 0.444 e. The van der Waals surface area contributed by atoms with Crippen LogP contribution in [-0.4, -0.2) is 53.1 Å². The molecular weight excluding hydrogens is 234 g/mol. The van der Waals surface area contributed by atoms with E-state index in [2.05, 4.69) is 0 Å². The molecule has 0 aromatic rings. The smallest absolute Gasteiger partial charge is 0.410 e. The number of nitrogens with zero attached hydrogens (tertiary/aromatic N) is 1. The van der Waals surface area contributed by atoms with Crippen LogP contribution >= 0.6 is 0 Å². The lowest BCUT2D eigenvalue weighted by Crippen LogP contribution is -2.60. The summed E-state index contributed by atoms with van der Waals surface area (Å²) in [6.07, 6.45) is 1.49. The van der Waals surface area contributed by atoms with Crippen molar-refractivity contribution < 1.29 is 19.4 Å². The minimum atomic E-state index is -0.509. The van der Waals surface area contributed by atoms with Gasteiger partial charge in [0, 0.05) is 13.2 Å². The number of likely N-dealkylation sites (tertiary alicyclic amines) is 1.